The number of hydrogen-bond acceptors (Lipinski definition) is 4. The van der Waals surface area contributed by atoms with Crippen molar-refractivity contribution in [3.8, 4) is 16.8 Å². The summed E-state index contributed by atoms with van der Waals surface area (Å²) in [5.41, 5.74) is 4.06. The molecule has 136 valence electrons. The van der Waals surface area contributed by atoms with Crippen LogP contribution in [0, 0.1) is 5.82 Å². The van der Waals surface area contributed by atoms with Crippen molar-refractivity contribution in [2.24, 2.45) is 0 Å². The first-order chi connectivity index (χ1) is 13.8. The standard InChI is InChI=1S/C22H15FN4O/c23-15-3-5-16(6-4-15)27-22-17-7-9-25-12-20(17)18(14-2-1-8-24-11-14)10-19(22)21(13-28)26-27/h1-12,28H,13H2. The normalized spacial score (nSPS) is 11.4. The van der Waals surface area contributed by atoms with E-state index in [0.717, 1.165) is 38.5 Å². The summed E-state index contributed by atoms with van der Waals surface area (Å²) in [7, 11) is 0. The van der Waals surface area contributed by atoms with Crippen LogP contribution in [0.5, 0.6) is 0 Å². The molecule has 3 heterocycles. The fourth-order valence-electron chi connectivity index (χ4n) is 3.57. The summed E-state index contributed by atoms with van der Waals surface area (Å²) in [6.07, 6.45) is 7.08. The zero-order valence-corrected chi connectivity index (χ0v) is 14.7. The molecule has 2 aromatic carbocycles. The van der Waals surface area contributed by atoms with Crippen LogP contribution in [0.3, 0.4) is 0 Å². The Morgan fingerprint density at radius 2 is 1.71 bits per heavy atom. The maximum absolute atomic E-state index is 13.4. The third-order valence-electron chi connectivity index (χ3n) is 4.85. The molecule has 0 aliphatic heterocycles. The van der Waals surface area contributed by atoms with E-state index in [2.05, 4.69) is 15.1 Å². The number of nitrogens with zero attached hydrogens (tertiary/aromatic N) is 4. The van der Waals surface area contributed by atoms with E-state index in [0.29, 0.717) is 5.69 Å². The number of rotatable bonds is 3. The van der Waals surface area contributed by atoms with Crippen LogP contribution in [-0.2, 0) is 6.61 Å². The predicted molar refractivity (Wildman–Crippen MR) is 105 cm³/mol. The lowest BCUT2D eigenvalue weighted by Crippen LogP contribution is -1.98. The smallest absolute Gasteiger partial charge is 0.123 e. The fourth-order valence-corrected chi connectivity index (χ4v) is 3.57. The van der Waals surface area contributed by atoms with Gasteiger partial charge in [-0.3, -0.25) is 9.97 Å². The van der Waals surface area contributed by atoms with E-state index in [1.54, 1.807) is 35.4 Å². The Bertz CT molecular complexity index is 1300. The van der Waals surface area contributed by atoms with E-state index in [-0.39, 0.29) is 12.4 Å². The zero-order valence-electron chi connectivity index (χ0n) is 14.7. The molecule has 0 saturated carbocycles. The van der Waals surface area contributed by atoms with Crippen LogP contribution in [0.1, 0.15) is 5.69 Å². The largest absolute Gasteiger partial charge is 0.390 e. The van der Waals surface area contributed by atoms with Gasteiger partial charge in [0.15, 0.2) is 0 Å². The average Bonchev–Trinajstić information content (AvgIpc) is 3.13. The van der Waals surface area contributed by atoms with E-state index < -0.39 is 0 Å². The fraction of sp³-hybridized carbons (Fsp3) is 0.0455. The summed E-state index contributed by atoms with van der Waals surface area (Å²) in [5.74, 6) is -0.310. The van der Waals surface area contributed by atoms with Crippen LogP contribution in [0.4, 0.5) is 4.39 Å². The molecule has 5 rings (SSSR count). The van der Waals surface area contributed by atoms with Gasteiger partial charge >= 0.3 is 0 Å². The highest BCUT2D eigenvalue weighted by atomic mass is 19.1. The lowest BCUT2D eigenvalue weighted by atomic mass is 9.97. The molecule has 5 aromatic rings. The van der Waals surface area contributed by atoms with Gasteiger partial charge in [-0.1, -0.05) is 6.07 Å². The highest BCUT2D eigenvalue weighted by molar-refractivity contribution is 6.13. The van der Waals surface area contributed by atoms with Gasteiger partial charge in [0.05, 0.1) is 23.5 Å². The zero-order chi connectivity index (χ0) is 19.1. The molecule has 0 saturated heterocycles. The van der Waals surface area contributed by atoms with Crippen LogP contribution < -0.4 is 0 Å². The van der Waals surface area contributed by atoms with Crippen LogP contribution in [0.15, 0.2) is 73.3 Å². The van der Waals surface area contributed by atoms with Crippen molar-refractivity contribution in [3.63, 3.8) is 0 Å². The molecule has 0 amide bonds. The number of halogens is 1. The highest BCUT2D eigenvalue weighted by Crippen LogP contribution is 2.36. The van der Waals surface area contributed by atoms with Gasteiger partial charge in [0.2, 0.25) is 0 Å². The summed E-state index contributed by atoms with van der Waals surface area (Å²) >= 11 is 0. The average molecular weight is 370 g/mol. The molecule has 0 aliphatic rings. The highest BCUT2D eigenvalue weighted by Gasteiger charge is 2.18. The van der Waals surface area contributed by atoms with Gasteiger partial charge in [-0.25, -0.2) is 9.07 Å². The van der Waals surface area contributed by atoms with Crippen molar-refractivity contribution >= 4 is 21.7 Å². The number of fused-ring (bicyclic) bond motifs is 3. The van der Waals surface area contributed by atoms with E-state index in [1.165, 1.54) is 12.1 Å². The van der Waals surface area contributed by atoms with Crippen molar-refractivity contribution < 1.29 is 9.50 Å². The molecule has 0 bridgehead atoms. The summed E-state index contributed by atoms with van der Waals surface area (Å²) in [6.45, 7) is -0.201. The number of aromatic nitrogens is 4. The summed E-state index contributed by atoms with van der Waals surface area (Å²) < 4.78 is 15.1. The van der Waals surface area contributed by atoms with Crippen molar-refractivity contribution in [3.05, 3.63) is 84.8 Å². The Labute approximate surface area is 159 Å². The molecule has 0 fully saturated rings. The van der Waals surface area contributed by atoms with Crippen molar-refractivity contribution in [2.75, 3.05) is 0 Å². The monoisotopic (exact) mass is 370 g/mol. The molecule has 0 unspecified atom stereocenters. The molecule has 1 N–H and O–H groups in total. The van der Waals surface area contributed by atoms with Crippen molar-refractivity contribution in [1.29, 1.82) is 0 Å². The van der Waals surface area contributed by atoms with Crippen LogP contribution in [0.2, 0.25) is 0 Å². The minimum absolute atomic E-state index is 0.201. The lowest BCUT2D eigenvalue weighted by molar-refractivity contribution is 0.277. The second-order valence-electron chi connectivity index (χ2n) is 6.48. The van der Waals surface area contributed by atoms with Crippen LogP contribution >= 0.6 is 0 Å². The van der Waals surface area contributed by atoms with Gasteiger partial charge in [-0.2, -0.15) is 5.10 Å². The summed E-state index contributed by atoms with van der Waals surface area (Å²) in [4.78, 5) is 8.52. The van der Waals surface area contributed by atoms with E-state index in [9.17, 15) is 9.50 Å². The number of pyridine rings is 2. The predicted octanol–water partition coefficient (Wildman–Crippen LogP) is 4.27. The topological polar surface area (TPSA) is 63.8 Å². The van der Waals surface area contributed by atoms with Gasteiger partial charge in [-0.05, 0) is 48.0 Å². The van der Waals surface area contributed by atoms with Gasteiger partial charge in [0.25, 0.3) is 0 Å². The second-order valence-corrected chi connectivity index (χ2v) is 6.48. The maximum Gasteiger partial charge on any atom is 0.123 e. The minimum Gasteiger partial charge on any atom is -0.390 e. The molecule has 0 aliphatic carbocycles. The first-order valence-corrected chi connectivity index (χ1v) is 8.82. The molecule has 0 spiro atoms. The lowest BCUT2D eigenvalue weighted by Gasteiger charge is -2.10. The van der Waals surface area contributed by atoms with E-state index >= 15 is 0 Å². The Kier molecular flexibility index (Phi) is 3.84. The Balaban J connectivity index is 1.91. The molecular formula is C22H15FN4O. The molecule has 0 radical (unpaired) electrons. The van der Waals surface area contributed by atoms with E-state index in [4.69, 9.17) is 0 Å². The van der Waals surface area contributed by atoms with Crippen molar-refractivity contribution in [2.45, 2.75) is 6.61 Å². The van der Waals surface area contributed by atoms with Gasteiger partial charge in [0.1, 0.15) is 5.82 Å². The van der Waals surface area contributed by atoms with Gasteiger partial charge in [0, 0.05) is 46.5 Å². The van der Waals surface area contributed by atoms with Gasteiger partial charge < -0.3 is 5.11 Å². The molecule has 28 heavy (non-hydrogen) atoms. The Hall–Kier alpha value is -3.64. The molecule has 5 nitrogen and oxygen atoms in total. The van der Waals surface area contributed by atoms with Crippen LogP contribution in [-0.4, -0.2) is 24.9 Å². The number of aliphatic hydroxyl groups excluding tert-OH is 1. The Morgan fingerprint density at radius 1 is 0.893 bits per heavy atom. The number of benzene rings is 2. The second kappa shape index (κ2) is 6.51. The van der Waals surface area contributed by atoms with Crippen LogP contribution in [0.25, 0.3) is 38.5 Å². The number of hydrogen-bond donors (Lipinski definition) is 1. The Morgan fingerprint density at radius 3 is 2.46 bits per heavy atom. The third-order valence-corrected chi connectivity index (χ3v) is 4.85. The summed E-state index contributed by atoms with van der Waals surface area (Å²) in [5, 5.41) is 17.3. The maximum atomic E-state index is 13.4. The van der Waals surface area contributed by atoms with Gasteiger partial charge in [-0.15, -0.1) is 0 Å². The first-order valence-electron chi connectivity index (χ1n) is 8.82. The summed E-state index contributed by atoms with van der Waals surface area (Å²) in [6, 6.07) is 14.0. The SMILES string of the molecule is OCc1nn(-c2ccc(F)cc2)c2c1cc(-c1cccnc1)c1cnccc12. The quantitative estimate of drug-likeness (QED) is 0.515. The third kappa shape index (κ3) is 2.54. The molecule has 3 aromatic heterocycles. The first kappa shape index (κ1) is 16.5. The molecule has 6 heteroatoms. The van der Waals surface area contributed by atoms with E-state index in [1.807, 2.05) is 30.5 Å². The molecular weight excluding hydrogens is 355 g/mol. The minimum atomic E-state index is -0.310. The number of aliphatic hydroxyl groups is 1. The molecule has 0 atom stereocenters. The van der Waals surface area contributed by atoms with Crippen molar-refractivity contribution in [1.82, 2.24) is 19.7 Å².